The van der Waals surface area contributed by atoms with Crippen molar-refractivity contribution in [1.82, 2.24) is 0 Å². The molecule has 0 spiro atoms. The van der Waals surface area contributed by atoms with Crippen LogP contribution in [0.4, 0.5) is 4.79 Å². The molecule has 48 valence electrons. The van der Waals surface area contributed by atoms with E-state index in [-0.39, 0.29) is 59.4 Å². The molecule has 3 N–H and O–H groups in total. The van der Waals surface area contributed by atoms with Gasteiger partial charge in [0.15, 0.2) is 0 Å². The fourth-order valence-corrected chi connectivity index (χ4v) is 0. The molecule has 0 amide bonds. The predicted octanol–water partition coefficient (Wildman–Crippen LogP) is -3.05. The molecule has 0 atom stereocenters. The van der Waals surface area contributed by atoms with Gasteiger partial charge in [-0.1, -0.05) is 5.92 Å². The number of terminal acetylenes is 1. The molecule has 0 bridgehead atoms. The van der Waals surface area contributed by atoms with Crippen molar-refractivity contribution in [3.63, 3.8) is 0 Å². The smallest absolute Gasteiger partial charge is 1.00 e. The molecule has 0 unspecified atom stereocenters. The second-order valence-electron chi connectivity index (χ2n) is 0.645. The van der Waals surface area contributed by atoms with Crippen LogP contribution in [0, 0.1) is 12.3 Å². The number of aliphatic hydroxyl groups is 1. The molecule has 0 saturated carbocycles. The summed E-state index contributed by atoms with van der Waals surface area (Å²) in [5.41, 5.74) is 0. The molecule has 0 fully saturated rings. The second-order valence-corrected chi connectivity index (χ2v) is 0.645. The molecule has 0 aliphatic carbocycles. The van der Waals surface area contributed by atoms with E-state index in [4.69, 9.17) is 20.1 Å². The fraction of sp³-hybridized carbons (Fsp3) is 0.250. The summed E-state index contributed by atoms with van der Waals surface area (Å²) < 4.78 is 0. The monoisotopic (exact) mass is 158 g/mol. The minimum atomic E-state index is -1.83. The van der Waals surface area contributed by atoms with Crippen LogP contribution in [0.5, 0.6) is 0 Å². The Kier molecular flexibility index (Phi) is 28.4. The van der Waals surface area contributed by atoms with Crippen LogP contribution in [0.3, 0.4) is 0 Å². The number of aliphatic hydroxyl groups excluding tert-OH is 1. The van der Waals surface area contributed by atoms with E-state index >= 15 is 0 Å². The summed E-state index contributed by atoms with van der Waals surface area (Å²) in [5.74, 6) is 1.99. The third-order valence-corrected chi connectivity index (χ3v) is 0.0913. The Morgan fingerprint density at radius 3 is 1.78 bits per heavy atom. The van der Waals surface area contributed by atoms with Gasteiger partial charge in [-0.25, -0.2) is 4.79 Å². The van der Waals surface area contributed by atoms with Crippen LogP contribution >= 0.6 is 0 Å². The van der Waals surface area contributed by atoms with Gasteiger partial charge in [-0.3, -0.25) is 0 Å². The van der Waals surface area contributed by atoms with Crippen molar-refractivity contribution in [2.75, 3.05) is 6.61 Å². The Morgan fingerprint density at radius 2 is 1.78 bits per heavy atom. The molecule has 0 aromatic heterocycles. The largest absolute Gasteiger partial charge is 1.00 e. The van der Waals surface area contributed by atoms with Gasteiger partial charge in [-0.2, -0.15) is 0 Å². The number of hydrogen-bond donors (Lipinski definition) is 3. The topological polar surface area (TPSA) is 77.8 Å². The molecule has 5 heteroatoms. The number of carbonyl (C=O) groups is 1. The van der Waals surface area contributed by atoms with E-state index in [0.29, 0.717) is 0 Å². The van der Waals surface area contributed by atoms with Crippen LogP contribution in [0.15, 0.2) is 0 Å². The average molecular weight is 158 g/mol. The van der Waals surface area contributed by atoms with Crippen molar-refractivity contribution in [3.8, 4) is 12.3 Å². The molecule has 0 rings (SSSR count). The zero-order valence-electron chi connectivity index (χ0n) is 6.03. The van der Waals surface area contributed by atoms with E-state index in [1.807, 2.05) is 5.92 Å². The summed E-state index contributed by atoms with van der Waals surface area (Å²) in [6.45, 7) is -0.153. The first-order valence-corrected chi connectivity index (χ1v) is 1.61. The van der Waals surface area contributed by atoms with E-state index in [1.54, 1.807) is 0 Å². The quantitative estimate of drug-likeness (QED) is 0.258. The van der Waals surface area contributed by atoms with Gasteiger partial charge in [-0.05, 0) is 0 Å². The van der Waals surface area contributed by atoms with Gasteiger partial charge in [0.05, 0.1) is 0 Å². The van der Waals surface area contributed by atoms with Crippen LogP contribution in [0.1, 0.15) is 1.43 Å². The molecule has 9 heavy (non-hydrogen) atoms. The number of hydrogen-bond acceptors (Lipinski definition) is 2. The first-order valence-electron chi connectivity index (χ1n) is 1.61. The van der Waals surface area contributed by atoms with Crippen molar-refractivity contribution >= 4 is 6.16 Å². The molecule has 0 aliphatic rings. The van der Waals surface area contributed by atoms with E-state index in [2.05, 4.69) is 6.42 Å². The van der Waals surface area contributed by atoms with Crippen molar-refractivity contribution in [2.45, 2.75) is 0 Å². The van der Waals surface area contributed by atoms with Gasteiger partial charge < -0.3 is 16.7 Å². The molecule has 0 aliphatic heterocycles. The first kappa shape index (κ1) is 16.2. The Balaban J connectivity index is -0.0000000300. The Bertz CT molecular complexity index is 95.9. The molecule has 0 aromatic rings. The Hall–Kier alpha value is 0.426. The van der Waals surface area contributed by atoms with E-state index in [1.165, 1.54) is 0 Å². The van der Waals surface area contributed by atoms with E-state index < -0.39 is 6.16 Å². The second kappa shape index (κ2) is 15.8. The van der Waals surface area contributed by atoms with Crippen LogP contribution in [0.2, 0.25) is 0 Å². The molecule has 4 nitrogen and oxygen atoms in total. The maximum absolute atomic E-state index is 8.56. The van der Waals surface area contributed by atoms with Crippen molar-refractivity contribution in [3.05, 3.63) is 0 Å². The third-order valence-electron chi connectivity index (χ3n) is 0.0913. The SMILES string of the molecule is C#CCO.O=C(O)O.[H-].[K+]. The normalized spacial score (nSPS) is 4.89. The van der Waals surface area contributed by atoms with E-state index in [0.717, 1.165) is 0 Å². The van der Waals surface area contributed by atoms with Gasteiger partial charge in [0.2, 0.25) is 0 Å². The van der Waals surface area contributed by atoms with E-state index in [9.17, 15) is 0 Å². The Labute approximate surface area is 96.8 Å². The van der Waals surface area contributed by atoms with Gasteiger partial charge in [0.1, 0.15) is 6.61 Å². The zero-order chi connectivity index (χ0) is 6.99. The summed E-state index contributed by atoms with van der Waals surface area (Å²) in [6.07, 6.45) is 2.69. The summed E-state index contributed by atoms with van der Waals surface area (Å²) in [6, 6.07) is 0. The predicted molar refractivity (Wildman–Crippen MR) is 27.7 cm³/mol. The maximum atomic E-state index is 8.56. The van der Waals surface area contributed by atoms with Crippen LogP contribution in [0.25, 0.3) is 0 Å². The molecule has 0 radical (unpaired) electrons. The molecular formula is C4H7KO4. The fourth-order valence-electron chi connectivity index (χ4n) is 0. The zero-order valence-corrected chi connectivity index (χ0v) is 8.16. The van der Waals surface area contributed by atoms with Crippen LogP contribution in [-0.4, -0.2) is 28.1 Å². The molecular weight excluding hydrogens is 151 g/mol. The molecule has 0 saturated heterocycles. The minimum Gasteiger partial charge on any atom is -1.00 e. The van der Waals surface area contributed by atoms with Gasteiger partial charge in [0.25, 0.3) is 0 Å². The van der Waals surface area contributed by atoms with Crippen LogP contribution in [-0.2, 0) is 0 Å². The van der Waals surface area contributed by atoms with Gasteiger partial charge >= 0.3 is 57.5 Å². The van der Waals surface area contributed by atoms with Crippen molar-refractivity contribution in [2.24, 2.45) is 0 Å². The standard InChI is InChI=1S/C3H4O.CH2O3.K.H/c1-2-3-4;2-1(3)4;;/h1,4H,3H2;(H2,2,3,4);;/q;;+1;-1. The Morgan fingerprint density at radius 1 is 1.67 bits per heavy atom. The summed E-state index contributed by atoms with van der Waals surface area (Å²) in [7, 11) is 0. The van der Waals surface area contributed by atoms with Crippen molar-refractivity contribution < 1.29 is 72.9 Å². The van der Waals surface area contributed by atoms with Crippen LogP contribution < -0.4 is 51.4 Å². The summed E-state index contributed by atoms with van der Waals surface area (Å²) in [4.78, 5) is 8.56. The number of carboxylic acid groups (broad SMARTS) is 2. The van der Waals surface area contributed by atoms with Gasteiger partial charge in [0, 0.05) is 0 Å². The average Bonchev–Trinajstić information content (AvgIpc) is 1.65. The molecule has 0 aromatic carbocycles. The maximum Gasteiger partial charge on any atom is 1.00 e. The third kappa shape index (κ3) is 171. The van der Waals surface area contributed by atoms with Crippen molar-refractivity contribution in [1.29, 1.82) is 0 Å². The minimum absolute atomic E-state index is 0. The summed E-state index contributed by atoms with van der Waals surface area (Å²) in [5, 5.41) is 21.6. The first-order chi connectivity index (χ1) is 3.65. The van der Waals surface area contributed by atoms with Gasteiger partial charge in [-0.15, -0.1) is 6.42 Å². The summed E-state index contributed by atoms with van der Waals surface area (Å²) >= 11 is 0. The molecule has 0 heterocycles. The number of rotatable bonds is 0.